The molecule has 2 fully saturated rings. The highest BCUT2D eigenvalue weighted by molar-refractivity contribution is 5.89. The van der Waals surface area contributed by atoms with Crippen LogP contribution in [0.25, 0.3) is 0 Å². The molecule has 2 heterocycles. The first-order valence-electron chi connectivity index (χ1n) is 10.8. The Balaban J connectivity index is 1.79. The quantitative estimate of drug-likeness (QED) is 0.665. The molecule has 0 radical (unpaired) electrons. The molecule has 0 unspecified atom stereocenters. The van der Waals surface area contributed by atoms with Crippen LogP contribution in [0.1, 0.15) is 44.1 Å². The first-order chi connectivity index (χ1) is 14.5. The van der Waals surface area contributed by atoms with E-state index >= 15 is 0 Å². The van der Waals surface area contributed by atoms with Gasteiger partial charge in [0.1, 0.15) is 5.82 Å². The molecule has 0 aromatic heterocycles. The summed E-state index contributed by atoms with van der Waals surface area (Å²) in [5, 5.41) is 2.86. The second-order valence-corrected chi connectivity index (χ2v) is 8.29. The van der Waals surface area contributed by atoms with E-state index < -0.39 is 6.04 Å². The number of hydrogen-bond donors (Lipinski definition) is 1. The molecule has 162 valence electrons. The molecule has 1 aromatic carbocycles. The highest BCUT2D eigenvalue weighted by Gasteiger charge is 2.41. The molecular weight excluding hydrogens is 381 g/mol. The summed E-state index contributed by atoms with van der Waals surface area (Å²) < 4.78 is 14.2. The third-order valence-electron chi connectivity index (χ3n) is 6.34. The largest absolute Gasteiger partial charge is 0.353 e. The average molecular weight is 414 g/mol. The highest BCUT2D eigenvalue weighted by Crippen LogP contribution is 2.36. The van der Waals surface area contributed by atoms with E-state index in [1.54, 1.807) is 18.2 Å². The smallest absolute Gasteiger partial charge is 0.237 e. The van der Waals surface area contributed by atoms with Crippen molar-refractivity contribution in [1.29, 1.82) is 0 Å². The third-order valence-corrected chi connectivity index (χ3v) is 6.34. The molecule has 6 heteroatoms. The van der Waals surface area contributed by atoms with Gasteiger partial charge in [0.15, 0.2) is 0 Å². The van der Waals surface area contributed by atoms with Crippen molar-refractivity contribution in [1.82, 2.24) is 15.1 Å². The Hall–Kier alpha value is -2.47. The van der Waals surface area contributed by atoms with Gasteiger partial charge in [-0.25, -0.2) is 4.39 Å². The summed E-state index contributed by atoms with van der Waals surface area (Å²) in [5.74, 6) is -0.486. The molecule has 2 aliphatic rings. The van der Waals surface area contributed by atoms with Crippen molar-refractivity contribution < 1.29 is 14.0 Å². The van der Waals surface area contributed by atoms with Crippen molar-refractivity contribution >= 4 is 11.8 Å². The van der Waals surface area contributed by atoms with Crippen LogP contribution < -0.4 is 5.32 Å². The van der Waals surface area contributed by atoms with E-state index in [2.05, 4.69) is 18.5 Å². The van der Waals surface area contributed by atoms with Crippen LogP contribution in [-0.2, 0) is 16.1 Å². The first kappa shape index (κ1) is 22.2. The molecular formula is C24H32FN3O2. The Bertz CT molecular complexity index is 784. The van der Waals surface area contributed by atoms with Gasteiger partial charge in [0.2, 0.25) is 11.8 Å². The van der Waals surface area contributed by atoms with E-state index in [-0.39, 0.29) is 29.6 Å². The lowest BCUT2D eigenvalue weighted by Gasteiger charge is -2.47. The number of nitrogens with zero attached hydrogens (tertiary/aromatic N) is 2. The molecule has 1 aromatic rings. The van der Waals surface area contributed by atoms with Crippen LogP contribution in [0.3, 0.4) is 0 Å². The standard InChI is InChI=1S/C24H32FN3O2/c1-3-11-24(12-4-2)13-7-8-15-28(24)22(29)17-21-23(30)26-14-16-27(21)18-19-9-5-6-10-20(19)25/h3-6,9-10,21H,1-2,7-8,11-18H2,(H,26,30)/t21-/m0/s1. The van der Waals surface area contributed by atoms with Crippen molar-refractivity contribution in [2.75, 3.05) is 19.6 Å². The van der Waals surface area contributed by atoms with E-state index in [0.29, 0.717) is 44.6 Å². The minimum atomic E-state index is -0.599. The Labute approximate surface area is 178 Å². The number of piperidine rings is 1. The number of benzene rings is 1. The molecule has 2 saturated heterocycles. The lowest BCUT2D eigenvalue weighted by atomic mass is 9.80. The third kappa shape index (κ3) is 4.81. The maximum absolute atomic E-state index is 14.2. The van der Waals surface area contributed by atoms with E-state index in [4.69, 9.17) is 0 Å². The Kier molecular flexibility index (Phi) is 7.43. The molecule has 0 bridgehead atoms. The average Bonchev–Trinajstić information content (AvgIpc) is 2.73. The molecule has 0 spiro atoms. The van der Waals surface area contributed by atoms with Gasteiger partial charge in [0, 0.05) is 37.3 Å². The Morgan fingerprint density at radius 1 is 1.20 bits per heavy atom. The summed E-state index contributed by atoms with van der Waals surface area (Å²) in [7, 11) is 0. The Morgan fingerprint density at radius 3 is 2.63 bits per heavy atom. The minimum Gasteiger partial charge on any atom is -0.353 e. The molecule has 1 atom stereocenters. The molecule has 30 heavy (non-hydrogen) atoms. The topological polar surface area (TPSA) is 52.7 Å². The fraction of sp³-hybridized carbons (Fsp3) is 0.500. The summed E-state index contributed by atoms with van der Waals surface area (Å²) in [5.41, 5.74) is 0.232. The fourth-order valence-corrected chi connectivity index (χ4v) is 4.82. The van der Waals surface area contributed by atoms with Crippen molar-refractivity contribution in [3.8, 4) is 0 Å². The van der Waals surface area contributed by atoms with Gasteiger partial charge in [-0.05, 0) is 38.2 Å². The van der Waals surface area contributed by atoms with Crippen molar-refractivity contribution in [2.24, 2.45) is 0 Å². The molecule has 0 saturated carbocycles. The number of carbonyl (C=O) groups is 2. The molecule has 5 nitrogen and oxygen atoms in total. The lowest BCUT2D eigenvalue weighted by molar-refractivity contribution is -0.145. The maximum atomic E-state index is 14.2. The summed E-state index contributed by atoms with van der Waals surface area (Å²) in [6.07, 6.45) is 8.18. The fourth-order valence-electron chi connectivity index (χ4n) is 4.82. The number of hydrogen-bond acceptors (Lipinski definition) is 3. The van der Waals surface area contributed by atoms with Crippen LogP contribution in [-0.4, -0.2) is 52.8 Å². The predicted octanol–water partition coefficient (Wildman–Crippen LogP) is 3.42. The summed E-state index contributed by atoms with van der Waals surface area (Å²) in [6, 6.07) is 5.99. The lowest BCUT2D eigenvalue weighted by Crippen LogP contribution is -2.59. The normalized spacial score (nSPS) is 21.7. The zero-order chi connectivity index (χ0) is 21.6. The number of piperazine rings is 1. The summed E-state index contributed by atoms with van der Waals surface area (Å²) in [6.45, 7) is 9.86. The monoisotopic (exact) mass is 413 g/mol. The van der Waals surface area contributed by atoms with E-state index in [1.807, 2.05) is 22.0 Å². The van der Waals surface area contributed by atoms with Crippen LogP contribution >= 0.6 is 0 Å². The summed E-state index contributed by atoms with van der Waals surface area (Å²) >= 11 is 0. The second-order valence-electron chi connectivity index (χ2n) is 8.29. The Morgan fingerprint density at radius 2 is 1.93 bits per heavy atom. The number of nitrogens with one attached hydrogen (secondary N) is 1. The van der Waals surface area contributed by atoms with Gasteiger partial charge in [-0.3, -0.25) is 14.5 Å². The van der Waals surface area contributed by atoms with Crippen LogP contribution in [0.4, 0.5) is 4.39 Å². The first-order valence-corrected chi connectivity index (χ1v) is 10.8. The molecule has 0 aliphatic carbocycles. The molecule has 2 amide bonds. The predicted molar refractivity (Wildman–Crippen MR) is 116 cm³/mol. The number of amides is 2. The zero-order valence-electron chi connectivity index (χ0n) is 17.6. The number of halogens is 1. The van der Waals surface area contributed by atoms with Gasteiger partial charge >= 0.3 is 0 Å². The van der Waals surface area contributed by atoms with Gasteiger partial charge in [-0.1, -0.05) is 30.4 Å². The van der Waals surface area contributed by atoms with Crippen molar-refractivity contribution in [3.63, 3.8) is 0 Å². The van der Waals surface area contributed by atoms with Crippen LogP contribution in [0.5, 0.6) is 0 Å². The number of rotatable bonds is 8. The SMILES string of the molecule is C=CCC1(CC=C)CCCCN1C(=O)C[C@H]1C(=O)NCCN1Cc1ccccc1F. The molecule has 2 aliphatic heterocycles. The summed E-state index contributed by atoms with van der Waals surface area (Å²) in [4.78, 5) is 29.9. The van der Waals surface area contributed by atoms with Gasteiger partial charge in [-0.15, -0.1) is 13.2 Å². The van der Waals surface area contributed by atoms with Crippen molar-refractivity contribution in [3.05, 3.63) is 61.0 Å². The molecule has 3 rings (SSSR count). The minimum absolute atomic E-state index is 0.0287. The van der Waals surface area contributed by atoms with Crippen molar-refractivity contribution in [2.45, 2.75) is 56.7 Å². The maximum Gasteiger partial charge on any atom is 0.237 e. The number of carbonyl (C=O) groups excluding carboxylic acids is 2. The van der Waals surface area contributed by atoms with Crippen LogP contribution in [0.2, 0.25) is 0 Å². The number of likely N-dealkylation sites (tertiary alicyclic amines) is 1. The van der Waals surface area contributed by atoms with E-state index in [9.17, 15) is 14.0 Å². The second kappa shape index (κ2) is 10.0. The molecule has 1 N–H and O–H groups in total. The van der Waals surface area contributed by atoms with Gasteiger partial charge in [0.05, 0.1) is 12.5 Å². The van der Waals surface area contributed by atoms with Gasteiger partial charge in [0.25, 0.3) is 0 Å². The van der Waals surface area contributed by atoms with E-state index in [1.165, 1.54) is 6.07 Å². The van der Waals surface area contributed by atoms with E-state index in [0.717, 1.165) is 19.3 Å². The highest BCUT2D eigenvalue weighted by atomic mass is 19.1. The zero-order valence-corrected chi connectivity index (χ0v) is 17.6. The van der Waals surface area contributed by atoms with Crippen LogP contribution in [0, 0.1) is 5.82 Å². The van der Waals surface area contributed by atoms with Gasteiger partial charge in [-0.2, -0.15) is 0 Å². The van der Waals surface area contributed by atoms with Gasteiger partial charge < -0.3 is 10.2 Å². The van der Waals surface area contributed by atoms with Crippen LogP contribution in [0.15, 0.2) is 49.6 Å².